The van der Waals surface area contributed by atoms with Gasteiger partial charge in [0, 0.05) is 6.61 Å². The highest BCUT2D eigenvalue weighted by Gasteiger charge is 2.34. The summed E-state index contributed by atoms with van der Waals surface area (Å²) in [5, 5.41) is 8.45. The highest BCUT2D eigenvalue weighted by Crippen LogP contribution is 2.36. The molecule has 1 saturated carbocycles. The Bertz CT molecular complexity index is 61.4. The van der Waals surface area contributed by atoms with Gasteiger partial charge in [-0.15, -0.1) is 12.4 Å². The Morgan fingerprint density at radius 3 is 2.25 bits per heavy atom. The van der Waals surface area contributed by atoms with Crippen LogP contribution in [0.4, 0.5) is 0 Å². The summed E-state index contributed by atoms with van der Waals surface area (Å²) >= 11 is 0. The van der Waals surface area contributed by atoms with Crippen LogP contribution in [0.25, 0.3) is 0 Å². The van der Waals surface area contributed by atoms with Crippen molar-refractivity contribution in [1.29, 1.82) is 0 Å². The van der Waals surface area contributed by atoms with Crippen molar-refractivity contribution in [1.82, 2.24) is 0 Å². The lowest BCUT2D eigenvalue weighted by molar-refractivity contribution is 0.269. The molecule has 1 rings (SSSR count). The van der Waals surface area contributed by atoms with Crippen molar-refractivity contribution < 1.29 is 5.11 Å². The van der Waals surface area contributed by atoms with E-state index in [-0.39, 0.29) is 12.4 Å². The highest BCUT2D eigenvalue weighted by molar-refractivity contribution is 5.85. The second-order valence-corrected chi connectivity index (χ2v) is 2.17. The van der Waals surface area contributed by atoms with E-state index < -0.39 is 0 Å². The van der Waals surface area contributed by atoms with E-state index in [1.54, 1.807) is 0 Å². The molecule has 2 atom stereocenters. The van der Waals surface area contributed by atoms with Crippen LogP contribution in [0.3, 0.4) is 0 Å². The molecule has 0 aromatic heterocycles. The molecule has 0 aliphatic heterocycles. The first-order valence-corrected chi connectivity index (χ1v) is 2.69. The standard InChI is InChI=1S/C5H11NO.ClH/c6-2-4-1-5(4)3-7;/h4-5,7H,1-3,6H2;1H/t4-,5-;/m0./s1. The molecule has 50 valence electrons. The normalized spacial score (nSPS) is 33.8. The summed E-state index contributed by atoms with van der Waals surface area (Å²) in [5.74, 6) is 1.19. The van der Waals surface area contributed by atoms with Crippen LogP contribution >= 0.6 is 12.4 Å². The lowest BCUT2D eigenvalue weighted by Crippen LogP contribution is -2.03. The minimum atomic E-state index is 0. The second-order valence-electron chi connectivity index (χ2n) is 2.17. The molecule has 1 aliphatic rings. The fourth-order valence-electron chi connectivity index (χ4n) is 0.823. The van der Waals surface area contributed by atoms with Gasteiger partial charge >= 0.3 is 0 Å². The molecule has 2 nitrogen and oxygen atoms in total. The van der Waals surface area contributed by atoms with Crippen LogP contribution < -0.4 is 5.73 Å². The third-order valence-corrected chi connectivity index (χ3v) is 1.61. The first-order valence-electron chi connectivity index (χ1n) is 2.69. The largest absolute Gasteiger partial charge is 0.396 e. The van der Waals surface area contributed by atoms with Gasteiger partial charge < -0.3 is 10.8 Å². The van der Waals surface area contributed by atoms with Crippen LogP contribution in [-0.2, 0) is 0 Å². The zero-order valence-corrected chi connectivity index (χ0v) is 5.53. The summed E-state index contributed by atoms with van der Waals surface area (Å²) in [6, 6.07) is 0. The maximum absolute atomic E-state index is 8.45. The third-order valence-electron chi connectivity index (χ3n) is 1.61. The maximum atomic E-state index is 8.45. The van der Waals surface area contributed by atoms with Crippen molar-refractivity contribution in [2.75, 3.05) is 13.2 Å². The number of rotatable bonds is 2. The SMILES string of the molecule is Cl.NC[C@@H]1C[C@H]1CO. The molecule has 3 heteroatoms. The molecule has 0 heterocycles. The van der Waals surface area contributed by atoms with Gasteiger partial charge in [0.2, 0.25) is 0 Å². The van der Waals surface area contributed by atoms with Gasteiger partial charge in [0.25, 0.3) is 0 Å². The Balaban J connectivity index is 0.000000490. The summed E-state index contributed by atoms with van der Waals surface area (Å²) in [6.07, 6.45) is 1.15. The monoisotopic (exact) mass is 137 g/mol. The molecular formula is C5H12ClNO. The van der Waals surface area contributed by atoms with Crippen molar-refractivity contribution in [3.63, 3.8) is 0 Å². The molecule has 1 fully saturated rings. The fourth-order valence-corrected chi connectivity index (χ4v) is 0.823. The first-order chi connectivity index (χ1) is 3.38. The summed E-state index contributed by atoms with van der Waals surface area (Å²) in [6.45, 7) is 1.09. The van der Waals surface area contributed by atoms with E-state index in [1.165, 1.54) is 0 Å². The molecule has 0 radical (unpaired) electrons. The maximum Gasteiger partial charge on any atom is 0.0462 e. The van der Waals surface area contributed by atoms with Crippen LogP contribution in [0.1, 0.15) is 6.42 Å². The Morgan fingerprint density at radius 2 is 2.12 bits per heavy atom. The minimum Gasteiger partial charge on any atom is -0.396 e. The van der Waals surface area contributed by atoms with Crippen LogP contribution in [0.15, 0.2) is 0 Å². The number of aliphatic hydroxyl groups excluding tert-OH is 1. The van der Waals surface area contributed by atoms with Crippen molar-refractivity contribution in [2.45, 2.75) is 6.42 Å². The molecule has 1 aliphatic carbocycles. The number of nitrogens with two attached hydrogens (primary N) is 1. The lowest BCUT2D eigenvalue weighted by Gasteiger charge is -1.85. The Hall–Kier alpha value is 0.210. The third kappa shape index (κ3) is 1.62. The number of aliphatic hydroxyl groups is 1. The number of hydrogen-bond donors (Lipinski definition) is 2. The molecule has 0 saturated heterocycles. The predicted molar refractivity (Wildman–Crippen MR) is 35.0 cm³/mol. The van der Waals surface area contributed by atoms with Crippen LogP contribution in [-0.4, -0.2) is 18.3 Å². The molecule has 8 heavy (non-hydrogen) atoms. The van der Waals surface area contributed by atoms with Gasteiger partial charge in [-0.2, -0.15) is 0 Å². The van der Waals surface area contributed by atoms with Gasteiger partial charge in [-0.25, -0.2) is 0 Å². The molecule has 3 N–H and O–H groups in total. The predicted octanol–water partition coefficient (Wildman–Crippen LogP) is -0.00470. The van der Waals surface area contributed by atoms with Crippen LogP contribution in [0.2, 0.25) is 0 Å². The van der Waals surface area contributed by atoms with Crippen LogP contribution in [0, 0.1) is 11.8 Å². The van der Waals surface area contributed by atoms with Gasteiger partial charge in [-0.1, -0.05) is 0 Å². The highest BCUT2D eigenvalue weighted by atomic mass is 35.5. The molecular weight excluding hydrogens is 126 g/mol. The Kier molecular flexibility index (Phi) is 3.36. The zero-order valence-electron chi connectivity index (χ0n) is 4.71. The first kappa shape index (κ1) is 8.21. The quantitative estimate of drug-likeness (QED) is 0.563. The molecule has 0 aromatic carbocycles. The van der Waals surface area contributed by atoms with Gasteiger partial charge in [0.15, 0.2) is 0 Å². The van der Waals surface area contributed by atoms with E-state index in [4.69, 9.17) is 10.8 Å². The Labute approximate surface area is 55.5 Å². The van der Waals surface area contributed by atoms with Gasteiger partial charge in [-0.3, -0.25) is 0 Å². The van der Waals surface area contributed by atoms with E-state index in [2.05, 4.69) is 0 Å². The lowest BCUT2D eigenvalue weighted by atomic mass is 10.3. The van der Waals surface area contributed by atoms with E-state index in [0.29, 0.717) is 18.4 Å². The molecule has 0 aromatic rings. The zero-order chi connectivity index (χ0) is 5.28. The summed E-state index contributed by atoms with van der Waals surface area (Å²) in [5.41, 5.74) is 5.29. The van der Waals surface area contributed by atoms with E-state index >= 15 is 0 Å². The van der Waals surface area contributed by atoms with Gasteiger partial charge in [0.05, 0.1) is 0 Å². The minimum absolute atomic E-state index is 0. The Morgan fingerprint density at radius 1 is 1.50 bits per heavy atom. The van der Waals surface area contributed by atoms with Gasteiger partial charge in [0.1, 0.15) is 0 Å². The van der Waals surface area contributed by atoms with Crippen molar-refractivity contribution in [3.8, 4) is 0 Å². The van der Waals surface area contributed by atoms with E-state index in [1.807, 2.05) is 0 Å². The van der Waals surface area contributed by atoms with E-state index in [0.717, 1.165) is 13.0 Å². The fraction of sp³-hybridized carbons (Fsp3) is 1.00. The van der Waals surface area contributed by atoms with Crippen LogP contribution in [0.5, 0.6) is 0 Å². The number of halogens is 1. The van der Waals surface area contributed by atoms with Gasteiger partial charge in [-0.05, 0) is 24.8 Å². The van der Waals surface area contributed by atoms with Crippen molar-refractivity contribution in [3.05, 3.63) is 0 Å². The molecule has 0 spiro atoms. The van der Waals surface area contributed by atoms with Crippen molar-refractivity contribution in [2.24, 2.45) is 17.6 Å². The molecule has 0 unspecified atom stereocenters. The molecule has 0 amide bonds. The second kappa shape index (κ2) is 3.28. The van der Waals surface area contributed by atoms with E-state index in [9.17, 15) is 0 Å². The number of hydrogen-bond acceptors (Lipinski definition) is 2. The topological polar surface area (TPSA) is 46.2 Å². The smallest absolute Gasteiger partial charge is 0.0462 e. The summed E-state index contributed by atoms with van der Waals surface area (Å²) in [7, 11) is 0. The average molecular weight is 138 g/mol. The summed E-state index contributed by atoms with van der Waals surface area (Å²) < 4.78 is 0. The molecule has 0 bridgehead atoms. The summed E-state index contributed by atoms with van der Waals surface area (Å²) in [4.78, 5) is 0. The average Bonchev–Trinajstić information content (AvgIpc) is 2.43. The van der Waals surface area contributed by atoms with Crippen molar-refractivity contribution >= 4 is 12.4 Å².